The molecule has 0 atom stereocenters. The first-order valence-electron chi connectivity index (χ1n) is 8.94. The minimum atomic E-state index is -0.446. The van der Waals surface area contributed by atoms with Crippen molar-refractivity contribution in [3.63, 3.8) is 0 Å². The Balaban J connectivity index is 1.47. The van der Waals surface area contributed by atoms with Crippen molar-refractivity contribution in [2.45, 2.75) is 12.8 Å². The molecule has 150 valence electrons. The molecular weight excluding hydrogens is 398 g/mol. The van der Waals surface area contributed by atoms with Crippen LogP contribution in [-0.2, 0) is 16.0 Å². The molecule has 8 heteroatoms. The Morgan fingerprint density at radius 1 is 1.07 bits per heavy atom. The second-order valence-corrected chi connectivity index (χ2v) is 7.36. The molecule has 5 nitrogen and oxygen atoms in total. The molecule has 2 aromatic rings. The van der Waals surface area contributed by atoms with Gasteiger partial charge in [0.25, 0.3) is 11.1 Å². The summed E-state index contributed by atoms with van der Waals surface area (Å²) in [6.45, 7) is 0.182. The van der Waals surface area contributed by atoms with Gasteiger partial charge in [0.15, 0.2) is 0 Å². The number of amides is 3. The molecule has 0 radical (unpaired) electrons. The number of halogens is 2. The Morgan fingerprint density at radius 3 is 2.55 bits per heavy atom. The van der Waals surface area contributed by atoms with Crippen LogP contribution in [-0.4, -0.2) is 35.0 Å². The van der Waals surface area contributed by atoms with E-state index in [2.05, 4.69) is 5.32 Å². The Bertz CT molecular complexity index is 961. The molecule has 1 aliphatic rings. The van der Waals surface area contributed by atoms with Gasteiger partial charge in [0.1, 0.15) is 11.6 Å². The molecule has 1 fully saturated rings. The average molecular weight is 416 g/mol. The zero-order chi connectivity index (χ0) is 20.8. The van der Waals surface area contributed by atoms with Gasteiger partial charge in [-0.15, -0.1) is 0 Å². The summed E-state index contributed by atoms with van der Waals surface area (Å²) in [5.74, 6) is -1.43. The topological polar surface area (TPSA) is 66.5 Å². The molecule has 0 aliphatic carbocycles. The lowest BCUT2D eigenvalue weighted by Gasteiger charge is -2.13. The van der Waals surface area contributed by atoms with Gasteiger partial charge in [-0.1, -0.05) is 24.3 Å². The summed E-state index contributed by atoms with van der Waals surface area (Å²) in [6, 6.07) is 11.6. The van der Waals surface area contributed by atoms with Gasteiger partial charge in [-0.25, -0.2) is 8.78 Å². The number of nitrogens with zero attached hydrogens (tertiary/aromatic N) is 1. The predicted molar refractivity (Wildman–Crippen MR) is 107 cm³/mol. The number of nitrogens with one attached hydrogen (secondary N) is 1. The van der Waals surface area contributed by atoms with Gasteiger partial charge in [0.2, 0.25) is 5.91 Å². The van der Waals surface area contributed by atoms with Crippen LogP contribution in [0.25, 0.3) is 6.08 Å². The van der Waals surface area contributed by atoms with Crippen LogP contribution in [0.15, 0.2) is 53.4 Å². The van der Waals surface area contributed by atoms with Crippen LogP contribution >= 0.6 is 11.8 Å². The van der Waals surface area contributed by atoms with Crippen LogP contribution in [0.3, 0.4) is 0 Å². The summed E-state index contributed by atoms with van der Waals surface area (Å²) < 4.78 is 26.1. The van der Waals surface area contributed by atoms with Crippen LogP contribution in [0, 0.1) is 11.6 Å². The number of thioether (sulfide) groups is 1. The minimum Gasteiger partial charge on any atom is -0.354 e. The van der Waals surface area contributed by atoms with Crippen molar-refractivity contribution in [2.75, 3.05) is 13.1 Å². The van der Waals surface area contributed by atoms with E-state index in [4.69, 9.17) is 0 Å². The van der Waals surface area contributed by atoms with Crippen LogP contribution in [0.5, 0.6) is 0 Å². The lowest BCUT2D eigenvalue weighted by molar-refractivity contribution is -0.124. The highest BCUT2D eigenvalue weighted by molar-refractivity contribution is 8.18. The third-order valence-electron chi connectivity index (χ3n) is 4.23. The van der Waals surface area contributed by atoms with Gasteiger partial charge in [0.05, 0.1) is 4.91 Å². The Morgan fingerprint density at radius 2 is 1.83 bits per heavy atom. The molecule has 3 rings (SSSR count). The quantitative estimate of drug-likeness (QED) is 0.698. The van der Waals surface area contributed by atoms with Crippen molar-refractivity contribution in [1.29, 1.82) is 0 Å². The SMILES string of the molecule is O=C(CCc1cccc(F)c1)NCCN1C(=O)S/C(=C\c2ccc(F)cc2)C1=O. The lowest BCUT2D eigenvalue weighted by Crippen LogP contribution is -2.37. The van der Waals surface area contributed by atoms with E-state index >= 15 is 0 Å². The third-order valence-corrected chi connectivity index (χ3v) is 5.14. The highest BCUT2D eigenvalue weighted by atomic mass is 32.2. The molecule has 0 unspecified atom stereocenters. The number of rotatable bonds is 7. The van der Waals surface area contributed by atoms with Crippen molar-refractivity contribution >= 4 is 34.9 Å². The number of benzene rings is 2. The number of aryl methyl sites for hydroxylation is 1. The van der Waals surface area contributed by atoms with E-state index in [0.717, 1.165) is 22.2 Å². The molecule has 1 heterocycles. The van der Waals surface area contributed by atoms with Crippen molar-refractivity contribution in [3.05, 3.63) is 76.2 Å². The number of carbonyl (C=O) groups excluding carboxylic acids is 3. The van der Waals surface area contributed by atoms with Gasteiger partial charge in [-0.3, -0.25) is 19.3 Å². The molecule has 3 amide bonds. The fraction of sp³-hybridized carbons (Fsp3) is 0.190. The van der Waals surface area contributed by atoms with Crippen molar-refractivity contribution in [2.24, 2.45) is 0 Å². The molecule has 2 aromatic carbocycles. The normalized spacial score (nSPS) is 15.2. The maximum Gasteiger partial charge on any atom is 0.293 e. The average Bonchev–Trinajstić information content (AvgIpc) is 2.95. The standard InChI is InChI=1S/C21H18F2N2O3S/c22-16-7-4-15(5-8-16)13-18-20(27)25(21(28)29-18)11-10-24-19(26)9-6-14-2-1-3-17(23)12-14/h1-5,7-8,12-13H,6,9-11H2,(H,24,26)/b18-13-. The summed E-state index contributed by atoms with van der Waals surface area (Å²) in [5, 5.41) is 2.24. The molecule has 0 spiro atoms. The Hall–Kier alpha value is -3.00. The van der Waals surface area contributed by atoms with Gasteiger partial charge in [0, 0.05) is 19.5 Å². The number of imide groups is 1. The molecule has 1 N–H and O–H groups in total. The molecular formula is C21H18F2N2O3S. The summed E-state index contributed by atoms with van der Waals surface area (Å²) in [6.07, 6.45) is 2.10. The van der Waals surface area contributed by atoms with Crippen molar-refractivity contribution in [1.82, 2.24) is 10.2 Å². The molecule has 0 aromatic heterocycles. The van der Waals surface area contributed by atoms with Crippen LogP contribution in [0.1, 0.15) is 17.5 Å². The Kier molecular flexibility index (Phi) is 6.77. The monoisotopic (exact) mass is 416 g/mol. The highest BCUT2D eigenvalue weighted by Crippen LogP contribution is 2.31. The fourth-order valence-electron chi connectivity index (χ4n) is 2.75. The van der Waals surface area contributed by atoms with Crippen LogP contribution < -0.4 is 5.32 Å². The van der Waals surface area contributed by atoms with E-state index in [1.807, 2.05) is 0 Å². The minimum absolute atomic E-state index is 0.0527. The van der Waals surface area contributed by atoms with E-state index < -0.39 is 11.1 Å². The van der Waals surface area contributed by atoms with E-state index in [-0.39, 0.29) is 42.0 Å². The van der Waals surface area contributed by atoms with Gasteiger partial charge in [-0.2, -0.15) is 0 Å². The first-order valence-corrected chi connectivity index (χ1v) is 9.76. The van der Waals surface area contributed by atoms with E-state index in [9.17, 15) is 23.2 Å². The molecule has 0 saturated carbocycles. The van der Waals surface area contributed by atoms with Crippen molar-refractivity contribution in [3.8, 4) is 0 Å². The first-order chi connectivity index (χ1) is 13.9. The number of hydrogen-bond donors (Lipinski definition) is 1. The van der Waals surface area contributed by atoms with Gasteiger partial charge in [-0.05, 0) is 59.7 Å². The lowest BCUT2D eigenvalue weighted by atomic mass is 10.1. The van der Waals surface area contributed by atoms with Gasteiger partial charge >= 0.3 is 0 Å². The molecule has 1 aliphatic heterocycles. The second-order valence-electron chi connectivity index (χ2n) is 6.36. The second kappa shape index (κ2) is 9.47. The van der Waals surface area contributed by atoms with E-state index in [1.165, 1.54) is 42.5 Å². The molecule has 29 heavy (non-hydrogen) atoms. The first kappa shape index (κ1) is 20.7. The van der Waals surface area contributed by atoms with Crippen LogP contribution in [0.4, 0.5) is 13.6 Å². The van der Waals surface area contributed by atoms with Crippen molar-refractivity contribution < 1.29 is 23.2 Å². The zero-order valence-corrected chi connectivity index (χ0v) is 16.2. The summed E-state index contributed by atoms with van der Waals surface area (Å²) in [7, 11) is 0. The smallest absolute Gasteiger partial charge is 0.293 e. The van der Waals surface area contributed by atoms with E-state index in [0.29, 0.717) is 12.0 Å². The maximum atomic E-state index is 13.1. The Labute approximate surface area is 170 Å². The van der Waals surface area contributed by atoms with Crippen LogP contribution in [0.2, 0.25) is 0 Å². The number of hydrogen-bond acceptors (Lipinski definition) is 4. The highest BCUT2D eigenvalue weighted by Gasteiger charge is 2.34. The maximum absolute atomic E-state index is 13.1. The third kappa shape index (κ3) is 5.74. The van der Waals surface area contributed by atoms with E-state index in [1.54, 1.807) is 12.1 Å². The summed E-state index contributed by atoms with van der Waals surface area (Å²) in [4.78, 5) is 37.7. The predicted octanol–water partition coefficient (Wildman–Crippen LogP) is 3.75. The fourth-order valence-corrected chi connectivity index (χ4v) is 3.61. The zero-order valence-electron chi connectivity index (χ0n) is 15.4. The van der Waals surface area contributed by atoms with Gasteiger partial charge < -0.3 is 5.32 Å². The molecule has 1 saturated heterocycles. The molecule has 0 bridgehead atoms. The summed E-state index contributed by atoms with van der Waals surface area (Å²) >= 11 is 0.805. The number of carbonyl (C=O) groups is 3. The largest absolute Gasteiger partial charge is 0.354 e. The summed E-state index contributed by atoms with van der Waals surface area (Å²) in [5.41, 5.74) is 1.33.